The Balaban J connectivity index is 0.000000413. The lowest BCUT2D eigenvalue weighted by Gasteiger charge is -2.28. The van der Waals surface area contributed by atoms with Crippen LogP contribution in [0, 0.1) is 0 Å². The molecule has 0 aliphatic rings. The van der Waals surface area contributed by atoms with Gasteiger partial charge in [0.2, 0.25) is 5.60 Å². The van der Waals surface area contributed by atoms with Crippen molar-refractivity contribution in [3.8, 4) is 0 Å². The summed E-state index contributed by atoms with van der Waals surface area (Å²) in [5.74, 6) is -1.03. The van der Waals surface area contributed by atoms with E-state index in [-0.39, 0.29) is 5.54 Å². The van der Waals surface area contributed by atoms with Gasteiger partial charge in [0.15, 0.2) is 0 Å². The Morgan fingerprint density at radius 2 is 1.33 bits per heavy atom. The highest BCUT2D eigenvalue weighted by atomic mass is 16.5. The Bertz CT molecular complexity index is 579. The van der Waals surface area contributed by atoms with Gasteiger partial charge in [0, 0.05) is 12.6 Å². The van der Waals surface area contributed by atoms with E-state index < -0.39 is 11.6 Å². The molecule has 0 aliphatic heterocycles. The number of hydrogen-bond acceptors (Lipinski definition) is 3. The van der Waals surface area contributed by atoms with E-state index >= 15 is 0 Å². The maximum Gasteiger partial charge on any atom is 0.345 e. The Morgan fingerprint density at radius 1 is 1.00 bits per heavy atom. The van der Waals surface area contributed by atoms with Crippen LogP contribution >= 0.6 is 0 Å². The highest BCUT2D eigenvalue weighted by molar-refractivity contribution is 5.84. The number of carbonyl (C=O) groups is 1. The summed E-state index contributed by atoms with van der Waals surface area (Å²) in [5.41, 5.74) is 5.33. The molecule has 0 spiro atoms. The van der Waals surface area contributed by atoms with Gasteiger partial charge in [0.05, 0.1) is 0 Å². The first-order chi connectivity index (χ1) is 11.3. The predicted octanol–water partition coefficient (Wildman–Crippen LogP) is 3.79. The Morgan fingerprint density at radius 3 is 1.54 bits per heavy atom. The van der Waals surface area contributed by atoms with Crippen molar-refractivity contribution in [2.75, 3.05) is 7.11 Å². The van der Waals surface area contributed by atoms with Crippen molar-refractivity contribution < 1.29 is 14.6 Å². The fraction of sp³-hybridized carbons (Fsp3) is 0.350. The van der Waals surface area contributed by atoms with E-state index in [0.717, 1.165) is 6.42 Å². The van der Waals surface area contributed by atoms with Gasteiger partial charge in [0.25, 0.3) is 0 Å². The van der Waals surface area contributed by atoms with E-state index in [0.29, 0.717) is 11.1 Å². The Hall–Kier alpha value is -2.17. The molecule has 24 heavy (non-hydrogen) atoms. The van der Waals surface area contributed by atoms with Crippen molar-refractivity contribution in [1.82, 2.24) is 0 Å². The molecule has 0 heterocycles. The molecule has 0 saturated heterocycles. The molecule has 0 bridgehead atoms. The first-order valence-corrected chi connectivity index (χ1v) is 7.96. The number of carboxylic acids is 1. The summed E-state index contributed by atoms with van der Waals surface area (Å²) in [5, 5.41) is 9.61. The lowest BCUT2D eigenvalue weighted by atomic mass is 9.86. The second-order valence-electron chi connectivity index (χ2n) is 6.26. The average Bonchev–Trinajstić information content (AvgIpc) is 2.58. The number of benzene rings is 2. The molecule has 2 aromatic rings. The van der Waals surface area contributed by atoms with Crippen molar-refractivity contribution in [3.63, 3.8) is 0 Å². The molecule has 2 aromatic carbocycles. The first kappa shape index (κ1) is 19.9. The Kier molecular flexibility index (Phi) is 7.14. The first-order valence-electron chi connectivity index (χ1n) is 7.96. The van der Waals surface area contributed by atoms with E-state index in [1.807, 2.05) is 26.0 Å². The van der Waals surface area contributed by atoms with Gasteiger partial charge >= 0.3 is 5.97 Å². The van der Waals surface area contributed by atoms with E-state index in [1.54, 1.807) is 48.5 Å². The van der Waals surface area contributed by atoms with Crippen molar-refractivity contribution in [2.45, 2.75) is 38.3 Å². The molecule has 0 aliphatic carbocycles. The molecular formula is C20H27NO3. The zero-order valence-electron chi connectivity index (χ0n) is 14.8. The van der Waals surface area contributed by atoms with E-state index in [4.69, 9.17) is 10.5 Å². The average molecular weight is 329 g/mol. The predicted molar refractivity (Wildman–Crippen MR) is 96.9 cm³/mol. The van der Waals surface area contributed by atoms with Crippen molar-refractivity contribution in [3.05, 3.63) is 71.8 Å². The van der Waals surface area contributed by atoms with Gasteiger partial charge in [0.1, 0.15) is 0 Å². The normalized spacial score (nSPS) is 11.4. The zero-order valence-corrected chi connectivity index (χ0v) is 14.8. The van der Waals surface area contributed by atoms with Crippen molar-refractivity contribution in [1.29, 1.82) is 0 Å². The van der Waals surface area contributed by atoms with Crippen molar-refractivity contribution in [2.24, 2.45) is 5.73 Å². The smallest absolute Gasteiger partial charge is 0.345 e. The molecule has 0 fully saturated rings. The number of rotatable bonds is 5. The van der Waals surface area contributed by atoms with Gasteiger partial charge in [-0.3, -0.25) is 0 Å². The molecule has 0 aromatic heterocycles. The van der Waals surface area contributed by atoms with Crippen LogP contribution in [0.25, 0.3) is 0 Å². The summed E-state index contributed by atoms with van der Waals surface area (Å²) in [6.45, 7) is 6.12. The van der Waals surface area contributed by atoms with Gasteiger partial charge in [-0.2, -0.15) is 0 Å². The van der Waals surface area contributed by atoms with Crippen LogP contribution in [0.5, 0.6) is 0 Å². The topological polar surface area (TPSA) is 72.5 Å². The number of nitrogens with two attached hydrogens (primary N) is 1. The summed E-state index contributed by atoms with van der Waals surface area (Å²) in [6.07, 6.45) is 1.05. The Labute approximate surface area is 144 Å². The van der Waals surface area contributed by atoms with Crippen LogP contribution in [0.15, 0.2) is 60.7 Å². The SMILES string of the molecule is CCC(C)(C)N.COC(C(=O)O)(c1ccccc1)c1ccccc1. The third-order valence-corrected chi connectivity index (χ3v) is 3.88. The van der Waals surface area contributed by atoms with E-state index in [2.05, 4.69) is 6.92 Å². The van der Waals surface area contributed by atoms with Gasteiger partial charge in [-0.05, 0) is 31.4 Å². The number of ether oxygens (including phenoxy) is 1. The summed E-state index contributed by atoms with van der Waals surface area (Å²) < 4.78 is 5.37. The second-order valence-corrected chi connectivity index (χ2v) is 6.26. The van der Waals surface area contributed by atoms with E-state index in [1.165, 1.54) is 7.11 Å². The van der Waals surface area contributed by atoms with E-state index in [9.17, 15) is 9.90 Å². The highest BCUT2D eigenvalue weighted by Gasteiger charge is 2.42. The molecule has 4 heteroatoms. The molecule has 130 valence electrons. The molecule has 0 unspecified atom stereocenters. The van der Waals surface area contributed by atoms with Gasteiger partial charge in [-0.1, -0.05) is 67.6 Å². The lowest BCUT2D eigenvalue weighted by molar-refractivity contribution is -0.158. The lowest BCUT2D eigenvalue weighted by Crippen LogP contribution is -2.38. The zero-order chi connectivity index (χ0) is 18.2. The number of hydrogen-bond donors (Lipinski definition) is 2. The summed E-state index contributed by atoms with van der Waals surface area (Å²) in [7, 11) is 1.41. The quantitative estimate of drug-likeness (QED) is 0.875. The van der Waals surface area contributed by atoms with Crippen molar-refractivity contribution >= 4 is 5.97 Å². The summed E-state index contributed by atoms with van der Waals surface area (Å²) in [4.78, 5) is 11.7. The van der Waals surface area contributed by atoms with Gasteiger partial charge < -0.3 is 15.6 Å². The maximum atomic E-state index is 11.7. The second kappa shape index (κ2) is 8.62. The maximum absolute atomic E-state index is 11.7. The molecule has 0 saturated carbocycles. The third-order valence-electron chi connectivity index (χ3n) is 3.88. The fourth-order valence-corrected chi connectivity index (χ4v) is 2.08. The number of methoxy groups -OCH3 is 1. The minimum atomic E-state index is -1.46. The number of aliphatic carboxylic acids is 1. The highest BCUT2D eigenvalue weighted by Crippen LogP contribution is 2.33. The molecule has 3 N–H and O–H groups in total. The summed E-state index contributed by atoms with van der Waals surface area (Å²) >= 11 is 0. The number of carboxylic acid groups (broad SMARTS) is 1. The van der Waals surface area contributed by atoms with Crippen LogP contribution < -0.4 is 5.73 Å². The van der Waals surface area contributed by atoms with Crippen LogP contribution in [0.3, 0.4) is 0 Å². The van der Waals surface area contributed by atoms with Crippen LogP contribution in [0.4, 0.5) is 0 Å². The van der Waals surface area contributed by atoms with Crippen LogP contribution in [0.2, 0.25) is 0 Å². The molecule has 0 amide bonds. The minimum Gasteiger partial charge on any atom is -0.479 e. The monoisotopic (exact) mass is 329 g/mol. The fourth-order valence-electron chi connectivity index (χ4n) is 2.08. The van der Waals surface area contributed by atoms with Gasteiger partial charge in [-0.25, -0.2) is 4.79 Å². The third kappa shape index (κ3) is 4.91. The molecule has 4 nitrogen and oxygen atoms in total. The minimum absolute atomic E-state index is 0.0417. The summed E-state index contributed by atoms with van der Waals surface area (Å²) in [6, 6.07) is 17.9. The molecule has 0 atom stereocenters. The van der Waals surface area contributed by atoms with Crippen LogP contribution in [-0.2, 0) is 15.1 Å². The largest absolute Gasteiger partial charge is 0.479 e. The van der Waals surface area contributed by atoms with Crippen LogP contribution in [0.1, 0.15) is 38.3 Å². The van der Waals surface area contributed by atoms with Gasteiger partial charge in [-0.15, -0.1) is 0 Å². The molecular weight excluding hydrogens is 302 g/mol. The molecule has 2 rings (SSSR count). The molecule has 0 radical (unpaired) electrons. The standard InChI is InChI=1S/C15H14O3.C5H13N/c1-18-15(14(16)17,12-8-4-2-5-9-12)13-10-6-3-7-11-13;1-4-5(2,3)6/h2-11H,1H3,(H,16,17);4,6H2,1-3H3. The van der Waals surface area contributed by atoms with Crippen LogP contribution in [-0.4, -0.2) is 23.7 Å².